The summed E-state index contributed by atoms with van der Waals surface area (Å²) in [5, 5.41) is 0. The van der Waals surface area contributed by atoms with Gasteiger partial charge < -0.3 is 0 Å². The number of carbonyl (C=O) groups is 1. The molecule has 0 aliphatic heterocycles. The molecular formula is C25H32O. The number of hydrogen-bond acceptors (Lipinski definition) is 1. The van der Waals surface area contributed by atoms with Crippen LogP contribution in [0.3, 0.4) is 0 Å². The molecule has 0 bridgehead atoms. The summed E-state index contributed by atoms with van der Waals surface area (Å²) < 4.78 is 0. The Labute approximate surface area is 158 Å². The van der Waals surface area contributed by atoms with Crippen LogP contribution in [-0.2, 0) is 4.79 Å². The molecule has 0 saturated heterocycles. The lowest BCUT2D eigenvalue weighted by molar-refractivity contribution is -0.114. The van der Waals surface area contributed by atoms with E-state index in [1.54, 1.807) is 0 Å². The van der Waals surface area contributed by atoms with Crippen molar-refractivity contribution in [3.8, 4) is 0 Å². The van der Waals surface area contributed by atoms with Crippen molar-refractivity contribution in [2.45, 2.75) is 60.3 Å². The van der Waals surface area contributed by atoms with E-state index in [9.17, 15) is 4.79 Å². The lowest BCUT2D eigenvalue weighted by Gasteiger charge is -2.44. The van der Waals surface area contributed by atoms with Gasteiger partial charge in [-0.1, -0.05) is 96.2 Å². The molecule has 1 unspecified atom stereocenters. The smallest absolute Gasteiger partial charge is 0.185 e. The van der Waals surface area contributed by atoms with E-state index in [-0.39, 0.29) is 27.9 Å². The van der Waals surface area contributed by atoms with Gasteiger partial charge in [-0.15, -0.1) is 0 Å². The molecule has 1 heteroatoms. The quantitative estimate of drug-likeness (QED) is 0.520. The lowest BCUT2D eigenvalue weighted by atomic mass is 9.59. The second kappa shape index (κ2) is 6.37. The minimum absolute atomic E-state index is 0.116. The predicted octanol–water partition coefficient (Wildman–Crippen LogP) is 6.63. The SMILES string of the molecule is CC(C)(C)C1=CC2(C=C(C(C)(C)C)C1=O)CCC=CC2c1ccccc1. The van der Waals surface area contributed by atoms with Crippen molar-refractivity contribution in [3.63, 3.8) is 0 Å². The van der Waals surface area contributed by atoms with E-state index in [1.807, 2.05) is 0 Å². The van der Waals surface area contributed by atoms with Gasteiger partial charge in [-0.25, -0.2) is 0 Å². The molecule has 1 nitrogen and oxygen atoms in total. The van der Waals surface area contributed by atoms with Crippen LogP contribution < -0.4 is 0 Å². The van der Waals surface area contributed by atoms with E-state index >= 15 is 0 Å². The van der Waals surface area contributed by atoms with Gasteiger partial charge in [-0.2, -0.15) is 0 Å². The Balaban J connectivity index is 2.24. The maximum atomic E-state index is 13.3. The summed E-state index contributed by atoms with van der Waals surface area (Å²) in [7, 11) is 0. The molecule has 0 aromatic heterocycles. The standard InChI is InChI=1S/C25H32O/c1-23(2,3)20-16-25(17-21(22(20)26)24(4,5)6)15-11-10-14-19(25)18-12-8-7-9-13-18/h7-10,12-14,16-17,19H,11,15H2,1-6H3. The highest BCUT2D eigenvalue weighted by Gasteiger charge is 2.44. The molecule has 2 aliphatic rings. The van der Waals surface area contributed by atoms with Crippen LogP contribution in [0, 0.1) is 16.2 Å². The zero-order valence-electron chi connectivity index (χ0n) is 17.1. The highest BCUT2D eigenvalue weighted by Crippen LogP contribution is 2.53. The van der Waals surface area contributed by atoms with E-state index < -0.39 is 0 Å². The molecule has 2 aliphatic carbocycles. The minimum Gasteiger partial charge on any atom is -0.289 e. The molecule has 1 atom stereocenters. The van der Waals surface area contributed by atoms with Gasteiger partial charge in [0, 0.05) is 22.5 Å². The summed E-state index contributed by atoms with van der Waals surface area (Å²) in [6.45, 7) is 13.0. The molecule has 0 saturated carbocycles. The van der Waals surface area contributed by atoms with Crippen LogP contribution in [0.4, 0.5) is 0 Å². The van der Waals surface area contributed by atoms with Gasteiger partial charge in [0.05, 0.1) is 0 Å². The third kappa shape index (κ3) is 3.37. The number of Topliss-reactive ketones (excluding diaryl/α,β-unsaturated/α-hetero) is 1. The first-order valence-electron chi connectivity index (χ1n) is 9.78. The summed E-state index contributed by atoms with van der Waals surface area (Å²) >= 11 is 0. The first-order chi connectivity index (χ1) is 12.0. The predicted molar refractivity (Wildman–Crippen MR) is 110 cm³/mol. The zero-order chi connectivity index (χ0) is 19.2. The molecular weight excluding hydrogens is 316 g/mol. The van der Waals surface area contributed by atoms with Crippen molar-refractivity contribution in [3.05, 3.63) is 71.3 Å². The highest BCUT2D eigenvalue weighted by atomic mass is 16.1. The number of benzene rings is 1. The summed E-state index contributed by atoms with van der Waals surface area (Å²) in [5.74, 6) is 0.511. The molecule has 3 rings (SSSR count). The molecule has 0 N–H and O–H groups in total. The van der Waals surface area contributed by atoms with Crippen LogP contribution in [-0.4, -0.2) is 5.78 Å². The van der Waals surface area contributed by atoms with Gasteiger partial charge in [0.1, 0.15) is 0 Å². The van der Waals surface area contributed by atoms with Crippen molar-refractivity contribution < 1.29 is 4.79 Å². The average molecular weight is 349 g/mol. The van der Waals surface area contributed by atoms with E-state index in [0.29, 0.717) is 0 Å². The van der Waals surface area contributed by atoms with Gasteiger partial charge >= 0.3 is 0 Å². The first kappa shape index (κ1) is 18.9. The molecule has 0 fully saturated rings. The fourth-order valence-corrected chi connectivity index (χ4v) is 4.28. The molecule has 138 valence electrons. The van der Waals surface area contributed by atoms with Gasteiger partial charge in [0.2, 0.25) is 0 Å². The molecule has 0 radical (unpaired) electrons. The number of rotatable bonds is 1. The van der Waals surface area contributed by atoms with Crippen molar-refractivity contribution in [2.24, 2.45) is 16.2 Å². The van der Waals surface area contributed by atoms with E-state index in [1.165, 1.54) is 5.56 Å². The van der Waals surface area contributed by atoms with E-state index in [4.69, 9.17) is 0 Å². The van der Waals surface area contributed by atoms with Crippen LogP contribution in [0.25, 0.3) is 0 Å². The summed E-state index contributed by atoms with van der Waals surface area (Å²) in [6, 6.07) is 10.7. The number of ketones is 1. The summed E-state index contributed by atoms with van der Waals surface area (Å²) in [6.07, 6.45) is 11.4. The Morgan fingerprint density at radius 1 is 0.885 bits per heavy atom. The molecule has 1 spiro atoms. The van der Waals surface area contributed by atoms with E-state index in [2.05, 4.69) is 96.2 Å². The third-order valence-corrected chi connectivity index (χ3v) is 5.74. The second-order valence-electron chi connectivity index (χ2n) is 9.91. The third-order valence-electron chi connectivity index (χ3n) is 5.74. The average Bonchev–Trinajstić information content (AvgIpc) is 2.56. The Hall–Kier alpha value is -1.89. The van der Waals surface area contributed by atoms with Crippen LogP contribution in [0.5, 0.6) is 0 Å². The number of hydrogen-bond donors (Lipinski definition) is 0. The Bertz CT molecular complexity index is 742. The molecule has 0 heterocycles. The van der Waals surface area contributed by atoms with Crippen molar-refractivity contribution in [1.82, 2.24) is 0 Å². The maximum Gasteiger partial charge on any atom is 0.185 e. The lowest BCUT2D eigenvalue weighted by Crippen LogP contribution is -2.37. The highest BCUT2D eigenvalue weighted by molar-refractivity contribution is 6.11. The largest absolute Gasteiger partial charge is 0.289 e. The summed E-state index contributed by atoms with van der Waals surface area (Å²) in [4.78, 5) is 13.3. The fraction of sp³-hybridized carbons (Fsp3) is 0.480. The summed E-state index contributed by atoms with van der Waals surface area (Å²) in [5.41, 5.74) is 2.85. The topological polar surface area (TPSA) is 17.1 Å². The van der Waals surface area contributed by atoms with Gasteiger partial charge in [0.25, 0.3) is 0 Å². The van der Waals surface area contributed by atoms with Crippen molar-refractivity contribution >= 4 is 5.78 Å². The number of allylic oxidation sites excluding steroid dienone is 6. The van der Waals surface area contributed by atoms with Crippen molar-refractivity contribution in [2.75, 3.05) is 0 Å². The van der Waals surface area contributed by atoms with Crippen LogP contribution in [0.1, 0.15) is 65.9 Å². The van der Waals surface area contributed by atoms with Crippen LogP contribution >= 0.6 is 0 Å². The molecule has 26 heavy (non-hydrogen) atoms. The Morgan fingerprint density at radius 3 is 1.92 bits per heavy atom. The van der Waals surface area contributed by atoms with Gasteiger partial charge in [-0.3, -0.25) is 4.79 Å². The van der Waals surface area contributed by atoms with E-state index in [0.717, 1.165) is 24.0 Å². The van der Waals surface area contributed by atoms with Gasteiger partial charge in [-0.05, 0) is 29.2 Å². The van der Waals surface area contributed by atoms with Gasteiger partial charge in [0.15, 0.2) is 5.78 Å². The Kier molecular flexibility index (Phi) is 4.63. The monoisotopic (exact) mass is 348 g/mol. The van der Waals surface area contributed by atoms with Crippen LogP contribution in [0.15, 0.2) is 65.8 Å². The van der Waals surface area contributed by atoms with Crippen molar-refractivity contribution in [1.29, 1.82) is 0 Å². The number of carbonyl (C=O) groups excluding carboxylic acids is 1. The first-order valence-corrected chi connectivity index (χ1v) is 9.78. The minimum atomic E-state index is -0.156. The second-order valence-corrected chi connectivity index (χ2v) is 9.91. The molecule has 1 aromatic rings. The molecule has 0 amide bonds. The normalized spacial score (nSPS) is 23.0. The fourth-order valence-electron chi connectivity index (χ4n) is 4.28. The zero-order valence-corrected chi connectivity index (χ0v) is 17.1. The van der Waals surface area contributed by atoms with Crippen LogP contribution in [0.2, 0.25) is 0 Å². The Morgan fingerprint density at radius 2 is 1.42 bits per heavy atom. The molecule has 1 aromatic carbocycles. The maximum absolute atomic E-state index is 13.3.